The van der Waals surface area contributed by atoms with Crippen LogP contribution in [0.15, 0.2) is 102 Å². The first-order chi connectivity index (χ1) is 18.2. The number of carbonyl (C=O) groups is 1. The average Bonchev–Trinajstić information content (AvgIpc) is 2.93. The summed E-state index contributed by atoms with van der Waals surface area (Å²) in [7, 11) is -4.00. The second-order valence-electron chi connectivity index (χ2n) is 9.26. The van der Waals surface area contributed by atoms with Crippen LogP contribution >= 0.6 is 11.6 Å². The molecule has 4 aromatic carbocycles. The fourth-order valence-electron chi connectivity index (χ4n) is 4.18. The van der Waals surface area contributed by atoms with E-state index in [9.17, 15) is 13.2 Å². The molecular formula is C31H31ClN2O3S. The Morgan fingerprint density at radius 3 is 2.11 bits per heavy atom. The predicted molar refractivity (Wildman–Crippen MR) is 154 cm³/mol. The molecule has 0 aromatic heterocycles. The van der Waals surface area contributed by atoms with Crippen LogP contribution in [0, 0.1) is 6.92 Å². The Kier molecular flexibility index (Phi) is 8.55. The minimum Gasteiger partial charge on any atom is -0.345 e. The van der Waals surface area contributed by atoms with Crippen molar-refractivity contribution in [1.29, 1.82) is 0 Å². The molecule has 4 rings (SSSR count). The van der Waals surface area contributed by atoms with Crippen molar-refractivity contribution in [2.24, 2.45) is 0 Å². The van der Waals surface area contributed by atoms with Gasteiger partial charge in [-0.25, -0.2) is 8.42 Å². The SMILES string of the molecule is CCc1ccc([C@H](C)NC(=O)c2ccccc2N(Cc2ccc(Cl)cc2)S(=O)(=O)c2ccc(C)cc2)cc1. The zero-order valence-electron chi connectivity index (χ0n) is 21.7. The number of para-hydroxylation sites is 1. The molecule has 0 aliphatic carbocycles. The monoisotopic (exact) mass is 546 g/mol. The number of amides is 1. The smallest absolute Gasteiger partial charge is 0.264 e. The van der Waals surface area contributed by atoms with E-state index in [0.29, 0.717) is 10.7 Å². The zero-order valence-corrected chi connectivity index (χ0v) is 23.3. The summed E-state index contributed by atoms with van der Waals surface area (Å²) in [6.45, 7) is 5.94. The van der Waals surface area contributed by atoms with Crippen LogP contribution < -0.4 is 9.62 Å². The molecule has 0 unspecified atom stereocenters. The highest BCUT2D eigenvalue weighted by Crippen LogP contribution is 2.30. The summed E-state index contributed by atoms with van der Waals surface area (Å²) in [4.78, 5) is 13.7. The molecule has 7 heteroatoms. The molecular weight excluding hydrogens is 516 g/mol. The standard InChI is InChI=1S/C31H31ClN2O3S/c1-4-24-11-15-26(16-12-24)23(3)33-31(35)29-7-5-6-8-30(29)34(21-25-13-17-27(32)18-14-25)38(36,37)28-19-9-22(2)10-20-28/h5-20,23H,4,21H2,1-3H3,(H,33,35)/t23-/m0/s1. The summed E-state index contributed by atoms with van der Waals surface area (Å²) in [5, 5.41) is 3.60. The lowest BCUT2D eigenvalue weighted by Gasteiger charge is -2.27. The Labute approximate surface area is 230 Å². The van der Waals surface area contributed by atoms with Gasteiger partial charge in [-0.15, -0.1) is 0 Å². The van der Waals surface area contributed by atoms with Crippen LogP contribution in [0.5, 0.6) is 0 Å². The lowest BCUT2D eigenvalue weighted by molar-refractivity contribution is 0.0940. The molecule has 0 radical (unpaired) electrons. The van der Waals surface area contributed by atoms with Crippen molar-refractivity contribution in [2.45, 2.75) is 44.7 Å². The molecule has 0 spiro atoms. The molecule has 0 aliphatic heterocycles. The van der Waals surface area contributed by atoms with Crippen molar-refractivity contribution in [3.05, 3.63) is 130 Å². The zero-order chi connectivity index (χ0) is 27.3. The largest absolute Gasteiger partial charge is 0.345 e. The minimum atomic E-state index is -4.00. The number of aryl methyl sites for hydroxylation is 2. The molecule has 196 valence electrons. The first-order valence-electron chi connectivity index (χ1n) is 12.5. The fraction of sp³-hybridized carbons (Fsp3) is 0.194. The molecule has 4 aromatic rings. The number of hydrogen-bond acceptors (Lipinski definition) is 3. The average molecular weight is 547 g/mol. The summed E-state index contributed by atoms with van der Waals surface area (Å²) >= 11 is 6.06. The number of anilines is 1. The third-order valence-electron chi connectivity index (χ3n) is 6.50. The van der Waals surface area contributed by atoms with Gasteiger partial charge in [-0.2, -0.15) is 0 Å². The summed E-state index contributed by atoms with van der Waals surface area (Å²) < 4.78 is 29.2. The molecule has 0 heterocycles. The van der Waals surface area contributed by atoms with Crippen LogP contribution in [0.2, 0.25) is 5.02 Å². The van der Waals surface area contributed by atoms with Crippen molar-refractivity contribution in [1.82, 2.24) is 5.32 Å². The predicted octanol–water partition coefficient (Wildman–Crippen LogP) is 7.10. The molecule has 0 bridgehead atoms. The van der Waals surface area contributed by atoms with E-state index in [-0.39, 0.29) is 29.0 Å². The molecule has 0 aliphatic rings. The number of nitrogens with one attached hydrogen (secondary N) is 1. The number of halogens is 1. The third kappa shape index (κ3) is 6.26. The van der Waals surface area contributed by atoms with Gasteiger partial charge in [0.1, 0.15) is 0 Å². The Hall–Kier alpha value is -3.61. The van der Waals surface area contributed by atoms with E-state index in [1.165, 1.54) is 9.87 Å². The molecule has 0 fully saturated rings. The van der Waals surface area contributed by atoms with Crippen LogP contribution in [0.4, 0.5) is 5.69 Å². The quantitative estimate of drug-likeness (QED) is 0.243. The summed E-state index contributed by atoms with van der Waals surface area (Å²) in [5.41, 5.74) is 4.46. The van der Waals surface area contributed by atoms with Gasteiger partial charge in [0.05, 0.1) is 28.7 Å². The van der Waals surface area contributed by atoms with Crippen molar-refractivity contribution in [2.75, 3.05) is 4.31 Å². The van der Waals surface area contributed by atoms with E-state index in [4.69, 9.17) is 11.6 Å². The van der Waals surface area contributed by atoms with E-state index in [0.717, 1.165) is 23.1 Å². The Morgan fingerprint density at radius 2 is 1.47 bits per heavy atom. The summed E-state index contributed by atoms with van der Waals surface area (Å²) in [5.74, 6) is -0.354. The van der Waals surface area contributed by atoms with E-state index in [1.54, 1.807) is 72.8 Å². The molecule has 1 atom stereocenters. The van der Waals surface area contributed by atoms with Gasteiger partial charge < -0.3 is 5.32 Å². The lowest BCUT2D eigenvalue weighted by Crippen LogP contribution is -2.34. The van der Waals surface area contributed by atoms with Gasteiger partial charge in [0, 0.05) is 5.02 Å². The van der Waals surface area contributed by atoms with Crippen molar-refractivity contribution in [3.63, 3.8) is 0 Å². The van der Waals surface area contributed by atoms with Crippen LogP contribution in [0.3, 0.4) is 0 Å². The summed E-state index contributed by atoms with van der Waals surface area (Å²) in [6, 6.07) is 28.3. The highest BCUT2D eigenvalue weighted by molar-refractivity contribution is 7.92. The van der Waals surface area contributed by atoms with Crippen molar-refractivity contribution >= 4 is 33.2 Å². The van der Waals surface area contributed by atoms with Crippen LogP contribution in [0.25, 0.3) is 0 Å². The van der Waals surface area contributed by atoms with E-state index < -0.39 is 10.0 Å². The third-order valence-corrected chi connectivity index (χ3v) is 8.53. The van der Waals surface area contributed by atoms with Crippen LogP contribution in [-0.4, -0.2) is 14.3 Å². The van der Waals surface area contributed by atoms with Crippen LogP contribution in [0.1, 0.15) is 52.5 Å². The second kappa shape index (κ2) is 11.8. The molecule has 0 saturated heterocycles. The Bertz CT molecular complexity index is 1500. The van der Waals surface area contributed by atoms with E-state index in [2.05, 4.69) is 12.2 Å². The summed E-state index contributed by atoms with van der Waals surface area (Å²) in [6.07, 6.45) is 0.938. The van der Waals surface area contributed by atoms with Crippen molar-refractivity contribution in [3.8, 4) is 0 Å². The topological polar surface area (TPSA) is 66.5 Å². The Balaban J connectivity index is 1.72. The molecule has 0 saturated carbocycles. The maximum absolute atomic E-state index is 14.0. The van der Waals surface area contributed by atoms with E-state index in [1.807, 2.05) is 38.1 Å². The van der Waals surface area contributed by atoms with Gasteiger partial charge >= 0.3 is 0 Å². The Morgan fingerprint density at radius 1 is 0.868 bits per heavy atom. The van der Waals surface area contributed by atoms with Crippen LogP contribution in [-0.2, 0) is 23.0 Å². The molecule has 1 amide bonds. The minimum absolute atomic E-state index is 0.0334. The first kappa shape index (κ1) is 27.4. The number of sulfonamides is 1. The maximum atomic E-state index is 14.0. The highest BCUT2D eigenvalue weighted by atomic mass is 35.5. The normalized spacial score (nSPS) is 12.1. The van der Waals surface area contributed by atoms with Gasteiger partial charge in [-0.05, 0) is 73.4 Å². The van der Waals surface area contributed by atoms with E-state index >= 15 is 0 Å². The van der Waals surface area contributed by atoms with Gasteiger partial charge in [-0.1, -0.05) is 84.8 Å². The second-order valence-corrected chi connectivity index (χ2v) is 11.6. The van der Waals surface area contributed by atoms with Gasteiger partial charge in [-0.3, -0.25) is 9.10 Å². The van der Waals surface area contributed by atoms with Gasteiger partial charge in [0.15, 0.2) is 0 Å². The maximum Gasteiger partial charge on any atom is 0.264 e. The molecule has 1 N–H and O–H groups in total. The molecule has 5 nitrogen and oxygen atoms in total. The number of rotatable bonds is 9. The molecule has 38 heavy (non-hydrogen) atoms. The van der Waals surface area contributed by atoms with Gasteiger partial charge in [0.2, 0.25) is 0 Å². The number of benzene rings is 4. The van der Waals surface area contributed by atoms with Crippen molar-refractivity contribution < 1.29 is 13.2 Å². The number of hydrogen-bond donors (Lipinski definition) is 1. The highest BCUT2D eigenvalue weighted by Gasteiger charge is 2.29. The number of carbonyl (C=O) groups excluding carboxylic acids is 1. The fourth-order valence-corrected chi connectivity index (χ4v) is 5.77. The van der Waals surface area contributed by atoms with Gasteiger partial charge in [0.25, 0.3) is 15.9 Å². The lowest BCUT2D eigenvalue weighted by atomic mass is 10.0. The first-order valence-corrected chi connectivity index (χ1v) is 14.3. The number of nitrogens with zero attached hydrogens (tertiary/aromatic N) is 1.